The molecular weight excluding hydrogens is 238 g/mol. The normalized spacial score (nSPS) is 14.9. The molecule has 1 aliphatic carbocycles. The molecule has 7 nitrogen and oxygen atoms in total. The molecule has 0 saturated heterocycles. The van der Waals surface area contributed by atoms with Crippen LogP contribution in [-0.2, 0) is 6.54 Å². The Hall–Kier alpha value is -2.15. The number of nitrogens with one attached hydrogen (secondary N) is 1. The zero-order valence-corrected chi connectivity index (χ0v) is 9.46. The van der Waals surface area contributed by atoms with Crippen molar-refractivity contribution in [3.8, 4) is 11.7 Å². The molecule has 1 saturated carbocycles. The molecule has 2 aromatic rings. The van der Waals surface area contributed by atoms with Gasteiger partial charge in [0.05, 0.1) is 11.8 Å². The summed E-state index contributed by atoms with van der Waals surface area (Å²) in [7, 11) is 0. The Bertz CT molecular complexity index is 570. The molecule has 0 radical (unpaired) electrons. The van der Waals surface area contributed by atoms with E-state index in [4.69, 9.17) is 8.83 Å². The van der Waals surface area contributed by atoms with Crippen molar-refractivity contribution in [1.82, 2.24) is 10.3 Å². The molecule has 0 unspecified atom stereocenters. The highest BCUT2D eigenvalue weighted by atomic mass is 16.6. The Kier molecular flexibility index (Phi) is 2.60. The van der Waals surface area contributed by atoms with Crippen molar-refractivity contribution in [2.45, 2.75) is 25.4 Å². The lowest BCUT2D eigenvalue weighted by Crippen LogP contribution is -2.15. The molecule has 1 aliphatic rings. The largest absolute Gasteiger partial charge is 0.442 e. The van der Waals surface area contributed by atoms with Crippen LogP contribution in [0.3, 0.4) is 0 Å². The number of nitro groups is 1. The van der Waals surface area contributed by atoms with Crippen LogP contribution in [0, 0.1) is 10.1 Å². The average molecular weight is 249 g/mol. The third kappa shape index (κ3) is 2.25. The second-order valence-electron chi connectivity index (χ2n) is 4.19. The molecule has 1 N–H and O–H groups in total. The van der Waals surface area contributed by atoms with E-state index in [9.17, 15) is 10.1 Å². The summed E-state index contributed by atoms with van der Waals surface area (Å²) < 4.78 is 10.2. The van der Waals surface area contributed by atoms with E-state index < -0.39 is 4.92 Å². The van der Waals surface area contributed by atoms with E-state index in [2.05, 4.69) is 10.3 Å². The minimum absolute atomic E-state index is 0.260. The number of hydrogen-bond acceptors (Lipinski definition) is 6. The van der Waals surface area contributed by atoms with Gasteiger partial charge in [-0.15, -0.1) is 0 Å². The summed E-state index contributed by atoms with van der Waals surface area (Å²) in [6.07, 6.45) is 3.93. The van der Waals surface area contributed by atoms with Crippen LogP contribution in [0.1, 0.15) is 18.5 Å². The maximum atomic E-state index is 10.5. The molecule has 3 rings (SSSR count). The lowest BCUT2D eigenvalue weighted by atomic mass is 10.4. The molecule has 0 bridgehead atoms. The molecule has 2 aromatic heterocycles. The van der Waals surface area contributed by atoms with Gasteiger partial charge >= 0.3 is 5.88 Å². The number of furan rings is 1. The van der Waals surface area contributed by atoms with Crippen molar-refractivity contribution in [3.05, 3.63) is 34.2 Å². The molecule has 94 valence electrons. The first-order valence-corrected chi connectivity index (χ1v) is 5.65. The van der Waals surface area contributed by atoms with Gasteiger partial charge in [0, 0.05) is 12.6 Å². The summed E-state index contributed by atoms with van der Waals surface area (Å²) in [6.45, 7) is 0.636. The molecule has 0 atom stereocenters. The van der Waals surface area contributed by atoms with Gasteiger partial charge < -0.3 is 14.2 Å². The van der Waals surface area contributed by atoms with Crippen LogP contribution in [0.2, 0.25) is 0 Å². The van der Waals surface area contributed by atoms with Gasteiger partial charge in [-0.25, -0.2) is 4.98 Å². The minimum atomic E-state index is -0.595. The van der Waals surface area contributed by atoms with Crippen molar-refractivity contribution in [2.75, 3.05) is 0 Å². The summed E-state index contributed by atoms with van der Waals surface area (Å²) in [5.74, 6) is 0.205. The van der Waals surface area contributed by atoms with Gasteiger partial charge in [-0.1, -0.05) is 0 Å². The van der Waals surface area contributed by atoms with E-state index in [0.29, 0.717) is 12.6 Å². The number of hydrogen-bond donors (Lipinski definition) is 1. The summed E-state index contributed by atoms with van der Waals surface area (Å²) in [5.41, 5.74) is 0.760. The van der Waals surface area contributed by atoms with Crippen LogP contribution in [0.4, 0.5) is 5.88 Å². The Morgan fingerprint density at radius 1 is 1.50 bits per heavy atom. The van der Waals surface area contributed by atoms with E-state index in [1.807, 2.05) is 0 Å². The Morgan fingerprint density at radius 2 is 2.33 bits per heavy atom. The summed E-state index contributed by atoms with van der Waals surface area (Å²) >= 11 is 0. The highest BCUT2D eigenvalue weighted by Gasteiger charge is 2.21. The predicted octanol–water partition coefficient (Wildman–Crippen LogP) is 2.09. The van der Waals surface area contributed by atoms with Crippen molar-refractivity contribution in [3.63, 3.8) is 0 Å². The van der Waals surface area contributed by atoms with E-state index in [0.717, 1.165) is 5.69 Å². The highest BCUT2D eigenvalue weighted by Crippen LogP contribution is 2.25. The van der Waals surface area contributed by atoms with Gasteiger partial charge in [0.2, 0.25) is 0 Å². The molecular formula is C11H11N3O4. The first kappa shape index (κ1) is 11.0. The van der Waals surface area contributed by atoms with Gasteiger partial charge in [-0.2, -0.15) is 0 Å². The molecule has 1 fully saturated rings. The summed E-state index contributed by atoms with van der Waals surface area (Å²) in [5, 5.41) is 13.8. The second kappa shape index (κ2) is 4.26. The van der Waals surface area contributed by atoms with Crippen LogP contribution in [0.15, 0.2) is 27.2 Å². The quantitative estimate of drug-likeness (QED) is 0.644. The zero-order valence-electron chi connectivity index (χ0n) is 9.46. The monoisotopic (exact) mass is 249 g/mol. The molecule has 18 heavy (non-hydrogen) atoms. The third-order valence-electron chi connectivity index (χ3n) is 2.68. The molecule has 2 heterocycles. The number of rotatable bonds is 5. The van der Waals surface area contributed by atoms with E-state index >= 15 is 0 Å². The maximum absolute atomic E-state index is 10.5. The fourth-order valence-corrected chi connectivity index (χ4v) is 1.58. The fourth-order valence-electron chi connectivity index (χ4n) is 1.58. The first-order valence-electron chi connectivity index (χ1n) is 5.65. The molecule has 0 spiro atoms. The van der Waals surface area contributed by atoms with Crippen molar-refractivity contribution < 1.29 is 13.8 Å². The third-order valence-corrected chi connectivity index (χ3v) is 2.68. The number of nitrogens with zero attached hydrogens (tertiary/aromatic N) is 2. The molecule has 0 aliphatic heterocycles. The molecule has 0 amide bonds. The van der Waals surface area contributed by atoms with Crippen LogP contribution in [0.25, 0.3) is 11.7 Å². The van der Waals surface area contributed by atoms with Crippen LogP contribution in [0.5, 0.6) is 0 Å². The summed E-state index contributed by atoms with van der Waals surface area (Å²) in [4.78, 5) is 14.1. The van der Waals surface area contributed by atoms with Crippen LogP contribution in [-0.4, -0.2) is 15.9 Å². The lowest BCUT2D eigenvalue weighted by molar-refractivity contribution is -0.401. The fraction of sp³-hybridized carbons (Fsp3) is 0.364. The number of oxazole rings is 1. The smallest absolute Gasteiger partial charge is 0.433 e. The first-order chi connectivity index (χ1) is 8.72. The van der Waals surface area contributed by atoms with Gasteiger partial charge in [-0.3, -0.25) is 10.1 Å². The van der Waals surface area contributed by atoms with Crippen LogP contribution < -0.4 is 5.32 Å². The standard InChI is InChI=1S/C11H11N3O4/c15-14(16)10-4-3-9(18-10)11-13-8(6-17-11)5-12-7-1-2-7/h3-4,6-7,12H,1-2,5H2. The Balaban J connectivity index is 1.72. The van der Waals surface area contributed by atoms with Crippen LogP contribution >= 0.6 is 0 Å². The van der Waals surface area contributed by atoms with Gasteiger partial charge in [0.25, 0.3) is 5.89 Å². The minimum Gasteiger partial charge on any atom is -0.442 e. The van der Waals surface area contributed by atoms with Crippen molar-refractivity contribution in [1.29, 1.82) is 0 Å². The van der Waals surface area contributed by atoms with E-state index in [1.54, 1.807) is 0 Å². The average Bonchev–Trinajstić information content (AvgIpc) is 2.88. The van der Waals surface area contributed by atoms with E-state index in [-0.39, 0.29) is 17.5 Å². The van der Waals surface area contributed by atoms with Gasteiger partial charge in [0.1, 0.15) is 11.2 Å². The number of aromatic nitrogens is 1. The lowest BCUT2D eigenvalue weighted by Gasteiger charge is -1.95. The van der Waals surface area contributed by atoms with Crippen molar-refractivity contribution >= 4 is 5.88 Å². The Labute approximate surface area is 102 Å². The van der Waals surface area contributed by atoms with E-state index in [1.165, 1.54) is 31.2 Å². The topological polar surface area (TPSA) is 94.3 Å². The summed E-state index contributed by atoms with van der Waals surface area (Å²) in [6, 6.07) is 3.35. The van der Waals surface area contributed by atoms with Crippen molar-refractivity contribution in [2.24, 2.45) is 0 Å². The second-order valence-corrected chi connectivity index (χ2v) is 4.19. The highest BCUT2D eigenvalue weighted by molar-refractivity contribution is 5.46. The van der Waals surface area contributed by atoms with Gasteiger partial charge in [0.15, 0.2) is 5.76 Å². The predicted molar refractivity (Wildman–Crippen MR) is 60.7 cm³/mol. The maximum Gasteiger partial charge on any atom is 0.433 e. The van der Waals surface area contributed by atoms with Gasteiger partial charge in [-0.05, 0) is 18.9 Å². The molecule has 7 heteroatoms. The zero-order chi connectivity index (χ0) is 12.5. The molecule has 0 aromatic carbocycles. The SMILES string of the molecule is O=[N+]([O-])c1ccc(-c2nc(CNC3CC3)co2)o1. The Morgan fingerprint density at radius 3 is 3.00 bits per heavy atom.